The molecule has 1 atom stereocenters. The lowest BCUT2D eigenvalue weighted by molar-refractivity contribution is -0.140. The third-order valence-electron chi connectivity index (χ3n) is 2.71. The number of rotatable bonds is 4. The molecule has 0 amide bonds. The predicted molar refractivity (Wildman–Crippen MR) is 63.6 cm³/mol. The van der Waals surface area contributed by atoms with Gasteiger partial charge >= 0.3 is 5.97 Å². The second-order valence-electron chi connectivity index (χ2n) is 4.33. The van der Waals surface area contributed by atoms with Crippen LogP contribution < -0.4 is 0 Å². The van der Waals surface area contributed by atoms with Gasteiger partial charge in [0.25, 0.3) is 0 Å². The number of aromatic amines is 2. The van der Waals surface area contributed by atoms with Crippen LogP contribution in [0.5, 0.6) is 0 Å². The monoisotopic (exact) mass is 233 g/mol. The molecule has 0 aliphatic heterocycles. The Hall–Kier alpha value is -2.04. The molecule has 0 saturated heterocycles. The van der Waals surface area contributed by atoms with Crippen molar-refractivity contribution in [3.63, 3.8) is 0 Å². The van der Waals surface area contributed by atoms with Crippen LogP contribution in [0.25, 0.3) is 11.4 Å². The number of carbonyl (C=O) groups is 1. The van der Waals surface area contributed by atoms with E-state index in [0.717, 1.165) is 11.4 Å². The SMILES string of the molecule is CC(C)C(C(=O)O)c1ncc(-c2ccc[nH]2)[nH]1. The Balaban J connectivity index is 2.31. The lowest BCUT2D eigenvalue weighted by atomic mass is 9.95. The van der Waals surface area contributed by atoms with Gasteiger partial charge in [-0.15, -0.1) is 0 Å². The summed E-state index contributed by atoms with van der Waals surface area (Å²) in [4.78, 5) is 21.4. The van der Waals surface area contributed by atoms with Gasteiger partial charge in [-0.25, -0.2) is 4.98 Å². The zero-order chi connectivity index (χ0) is 12.4. The molecule has 0 aliphatic carbocycles. The first kappa shape index (κ1) is 11.4. The van der Waals surface area contributed by atoms with Crippen LogP contribution in [0.15, 0.2) is 24.5 Å². The number of nitrogens with one attached hydrogen (secondary N) is 2. The third kappa shape index (κ3) is 2.22. The van der Waals surface area contributed by atoms with Gasteiger partial charge in [0.2, 0.25) is 0 Å². The van der Waals surface area contributed by atoms with Gasteiger partial charge in [0, 0.05) is 6.20 Å². The highest BCUT2D eigenvalue weighted by Gasteiger charge is 2.26. The average Bonchev–Trinajstić information content (AvgIpc) is 2.83. The molecule has 2 heterocycles. The standard InChI is InChI=1S/C12H15N3O2/c1-7(2)10(12(16)17)11-14-6-9(15-11)8-4-3-5-13-8/h3-7,10,13H,1-2H3,(H,14,15)(H,16,17). The number of aromatic nitrogens is 3. The number of imidazole rings is 1. The first-order valence-corrected chi connectivity index (χ1v) is 5.51. The van der Waals surface area contributed by atoms with Crippen molar-refractivity contribution in [2.75, 3.05) is 0 Å². The molecule has 3 N–H and O–H groups in total. The van der Waals surface area contributed by atoms with Gasteiger partial charge in [0.1, 0.15) is 11.7 Å². The zero-order valence-corrected chi connectivity index (χ0v) is 9.77. The maximum Gasteiger partial charge on any atom is 0.314 e. The number of hydrogen-bond donors (Lipinski definition) is 3. The number of carboxylic acids is 1. The van der Waals surface area contributed by atoms with Crippen LogP contribution in [0.2, 0.25) is 0 Å². The van der Waals surface area contributed by atoms with Crippen LogP contribution in [0, 0.1) is 5.92 Å². The van der Waals surface area contributed by atoms with Crippen molar-refractivity contribution in [2.24, 2.45) is 5.92 Å². The van der Waals surface area contributed by atoms with Crippen molar-refractivity contribution >= 4 is 5.97 Å². The second kappa shape index (κ2) is 4.45. The van der Waals surface area contributed by atoms with Crippen molar-refractivity contribution in [1.82, 2.24) is 15.0 Å². The number of hydrogen-bond acceptors (Lipinski definition) is 2. The van der Waals surface area contributed by atoms with Gasteiger partial charge in [-0.3, -0.25) is 4.79 Å². The van der Waals surface area contributed by atoms with E-state index in [2.05, 4.69) is 15.0 Å². The molecule has 5 nitrogen and oxygen atoms in total. The van der Waals surface area contributed by atoms with Gasteiger partial charge in [0.15, 0.2) is 0 Å². The molecule has 5 heteroatoms. The molecule has 17 heavy (non-hydrogen) atoms. The fourth-order valence-corrected chi connectivity index (χ4v) is 1.85. The molecular weight excluding hydrogens is 218 g/mol. The van der Waals surface area contributed by atoms with Crippen LogP contribution in [0.4, 0.5) is 0 Å². The van der Waals surface area contributed by atoms with Crippen molar-refractivity contribution in [3.8, 4) is 11.4 Å². The Labute approximate surface area is 98.9 Å². The maximum absolute atomic E-state index is 11.2. The number of aliphatic carboxylic acids is 1. The Morgan fingerprint density at radius 3 is 2.71 bits per heavy atom. The highest BCUT2D eigenvalue weighted by molar-refractivity contribution is 5.75. The second-order valence-corrected chi connectivity index (χ2v) is 4.33. The van der Waals surface area contributed by atoms with Crippen molar-refractivity contribution < 1.29 is 9.90 Å². The van der Waals surface area contributed by atoms with E-state index in [9.17, 15) is 4.79 Å². The molecule has 2 aromatic heterocycles. The van der Waals surface area contributed by atoms with E-state index in [4.69, 9.17) is 5.11 Å². The molecule has 0 saturated carbocycles. The summed E-state index contributed by atoms with van der Waals surface area (Å²) in [5, 5.41) is 9.17. The molecule has 0 spiro atoms. The summed E-state index contributed by atoms with van der Waals surface area (Å²) in [6.07, 6.45) is 3.46. The maximum atomic E-state index is 11.2. The van der Waals surface area contributed by atoms with E-state index in [1.165, 1.54) is 0 Å². The Kier molecular flexibility index (Phi) is 2.99. The van der Waals surface area contributed by atoms with Gasteiger partial charge in [-0.2, -0.15) is 0 Å². The number of nitrogens with zero attached hydrogens (tertiary/aromatic N) is 1. The van der Waals surface area contributed by atoms with Gasteiger partial charge in [0.05, 0.1) is 17.6 Å². The summed E-state index contributed by atoms with van der Waals surface area (Å²) in [5.74, 6) is -0.960. The largest absolute Gasteiger partial charge is 0.481 e. The number of H-pyrrole nitrogens is 2. The minimum Gasteiger partial charge on any atom is -0.481 e. The summed E-state index contributed by atoms with van der Waals surface area (Å²) in [6, 6.07) is 3.79. The van der Waals surface area contributed by atoms with Crippen molar-refractivity contribution in [1.29, 1.82) is 0 Å². The van der Waals surface area contributed by atoms with Gasteiger partial charge in [-0.1, -0.05) is 13.8 Å². The molecule has 90 valence electrons. The molecule has 0 aliphatic rings. The van der Waals surface area contributed by atoms with Crippen molar-refractivity contribution in [2.45, 2.75) is 19.8 Å². The fourth-order valence-electron chi connectivity index (χ4n) is 1.85. The summed E-state index contributed by atoms with van der Waals surface area (Å²) < 4.78 is 0. The highest BCUT2D eigenvalue weighted by Crippen LogP contribution is 2.24. The van der Waals surface area contributed by atoms with E-state index >= 15 is 0 Å². The van der Waals surface area contributed by atoms with E-state index < -0.39 is 11.9 Å². The van der Waals surface area contributed by atoms with E-state index in [1.54, 1.807) is 6.20 Å². The van der Waals surface area contributed by atoms with Crippen LogP contribution in [-0.4, -0.2) is 26.0 Å². The first-order chi connectivity index (χ1) is 8.09. The third-order valence-corrected chi connectivity index (χ3v) is 2.71. The minimum atomic E-state index is -0.854. The topological polar surface area (TPSA) is 81.8 Å². The van der Waals surface area contributed by atoms with Gasteiger partial charge < -0.3 is 15.1 Å². The van der Waals surface area contributed by atoms with Crippen molar-refractivity contribution in [3.05, 3.63) is 30.4 Å². The molecule has 2 aromatic rings. The number of carboxylic acid groups (broad SMARTS) is 1. The predicted octanol–water partition coefficient (Wildman–Crippen LogP) is 2.23. The Bertz CT molecular complexity index is 500. The normalized spacial score (nSPS) is 12.9. The molecule has 2 rings (SSSR count). The lowest BCUT2D eigenvalue weighted by Crippen LogP contribution is -2.18. The summed E-state index contributed by atoms with van der Waals surface area (Å²) in [7, 11) is 0. The van der Waals surface area contributed by atoms with E-state index in [0.29, 0.717) is 5.82 Å². The minimum absolute atomic E-state index is 0.00450. The molecule has 0 aromatic carbocycles. The summed E-state index contributed by atoms with van der Waals surface area (Å²) in [6.45, 7) is 3.74. The average molecular weight is 233 g/mol. The van der Waals surface area contributed by atoms with Crippen LogP contribution in [0.1, 0.15) is 25.6 Å². The first-order valence-electron chi connectivity index (χ1n) is 5.51. The van der Waals surface area contributed by atoms with Crippen LogP contribution >= 0.6 is 0 Å². The molecule has 0 bridgehead atoms. The van der Waals surface area contributed by atoms with Crippen LogP contribution in [0.3, 0.4) is 0 Å². The molecule has 0 radical (unpaired) electrons. The molecule has 1 unspecified atom stereocenters. The van der Waals surface area contributed by atoms with Crippen LogP contribution in [-0.2, 0) is 4.79 Å². The van der Waals surface area contributed by atoms with E-state index in [1.807, 2.05) is 32.2 Å². The van der Waals surface area contributed by atoms with Gasteiger partial charge in [-0.05, 0) is 18.1 Å². The Morgan fingerprint density at radius 1 is 1.41 bits per heavy atom. The molecule has 0 fully saturated rings. The summed E-state index contributed by atoms with van der Waals surface area (Å²) >= 11 is 0. The summed E-state index contributed by atoms with van der Waals surface area (Å²) in [5.41, 5.74) is 1.70. The Morgan fingerprint density at radius 2 is 2.18 bits per heavy atom. The zero-order valence-electron chi connectivity index (χ0n) is 9.77. The highest BCUT2D eigenvalue weighted by atomic mass is 16.4. The quantitative estimate of drug-likeness (QED) is 0.757. The molecular formula is C12H15N3O2. The fraction of sp³-hybridized carbons (Fsp3) is 0.333. The lowest BCUT2D eigenvalue weighted by Gasteiger charge is -2.12. The smallest absolute Gasteiger partial charge is 0.314 e. The van der Waals surface area contributed by atoms with E-state index in [-0.39, 0.29) is 5.92 Å².